The molecule has 0 radical (unpaired) electrons. The summed E-state index contributed by atoms with van der Waals surface area (Å²) in [5.41, 5.74) is -2.74. The second-order valence-corrected chi connectivity index (χ2v) is 7.64. The van der Waals surface area contributed by atoms with E-state index in [2.05, 4.69) is 17.6 Å². The minimum absolute atomic E-state index is 0.136. The number of nitrogens with one attached hydrogen (secondary N) is 2. The lowest BCUT2D eigenvalue weighted by molar-refractivity contribution is -0.137. The highest BCUT2D eigenvalue weighted by molar-refractivity contribution is 6.30. The van der Waals surface area contributed by atoms with Crippen molar-refractivity contribution in [3.8, 4) is 0 Å². The minimum atomic E-state index is -4.73. The zero-order chi connectivity index (χ0) is 21.8. The van der Waals surface area contributed by atoms with Gasteiger partial charge in [0.1, 0.15) is 12.1 Å². The number of hydrogen-bond acceptors (Lipinski definition) is 3. The molecule has 1 aliphatic heterocycles. The molecular weight excluding hydrogens is 411 g/mol. The molecular formula is C19H23ClF3N3O3. The Morgan fingerprint density at radius 2 is 1.93 bits per heavy atom. The summed E-state index contributed by atoms with van der Waals surface area (Å²) >= 11 is 5.61. The normalized spacial score (nSPS) is 19.4. The first-order valence-corrected chi connectivity index (χ1v) is 9.66. The van der Waals surface area contributed by atoms with Gasteiger partial charge in [0.15, 0.2) is 0 Å². The van der Waals surface area contributed by atoms with Crippen molar-refractivity contribution in [3.05, 3.63) is 28.8 Å². The van der Waals surface area contributed by atoms with Gasteiger partial charge in [0.25, 0.3) is 5.91 Å². The first-order chi connectivity index (χ1) is 13.5. The maximum atomic E-state index is 13.1. The molecule has 0 spiro atoms. The molecule has 0 aromatic heterocycles. The van der Waals surface area contributed by atoms with Crippen molar-refractivity contribution >= 4 is 35.1 Å². The topological polar surface area (TPSA) is 78.5 Å². The number of unbranched alkanes of at least 4 members (excludes halogenated alkanes) is 3. The first-order valence-electron chi connectivity index (χ1n) is 9.28. The van der Waals surface area contributed by atoms with Crippen LogP contribution in [0.2, 0.25) is 5.02 Å². The highest BCUT2D eigenvalue weighted by Gasteiger charge is 2.47. The number of urea groups is 1. The summed E-state index contributed by atoms with van der Waals surface area (Å²) in [6, 6.07) is 2.17. The Morgan fingerprint density at radius 1 is 1.24 bits per heavy atom. The van der Waals surface area contributed by atoms with Crippen LogP contribution in [0.1, 0.15) is 51.5 Å². The highest BCUT2D eigenvalue weighted by Crippen LogP contribution is 2.36. The third-order valence-electron chi connectivity index (χ3n) is 4.74. The van der Waals surface area contributed by atoms with E-state index in [9.17, 15) is 27.6 Å². The van der Waals surface area contributed by atoms with Crippen molar-refractivity contribution in [3.63, 3.8) is 0 Å². The molecule has 1 aliphatic rings. The van der Waals surface area contributed by atoms with Crippen LogP contribution >= 0.6 is 11.6 Å². The predicted octanol–water partition coefficient (Wildman–Crippen LogP) is 4.58. The molecule has 4 amide bonds. The Bertz CT molecular complexity index is 801. The molecule has 2 rings (SSSR count). The predicted molar refractivity (Wildman–Crippen MR) is 102 cm³/mol. The average molecular weight is 434 g/mol. The van der Waals surface area contributed by atoms with Crippen LogP contribution in [0.15, 0.2) is 18.2 Å². The molecule has 0 unspecified atom stereocenters. The number of hydrogen-bond donors (Lipinski definition) is 2. The Hall–Kier alpha value is -2.29. The summed E-state index contributed by atoms with van der Waals surface area (Å²) in [5, 5.41) is 4.55. The van der Waals surface area contributed by atoms with Crippen LogP contribution in [0.5, 0.6) is 0 Å². The summed E-state index contributed by atoms with van der Waals surface area (Å²) in [5.74, 6) is -1.49. The fourth-order valence-corrected chi connectivity index (χ4v) is 3.33. The summed E-state index contributed by atoms with van der Waals surface area (Å²) in [4.78, 5) is 37.8. The van der Waals surface area contributed by atoms with Crippen molar-refractivity contribution in [1.29, 1.82) is 0 Å². The van der Waals surface area contributed by atoms with E-state index >= 15 is 0 Å². The summed E-state index contributed by atoms with van der Waals surface area (Å²) in [6.07, 6.45) is -0.639. The van der Waals surface area contributed by atoms with Crippen LogP contribution in [0.25, 0.3) is 0 Å². The number of rotatable bonds is 8. The van der Waals surface area contributed by atoms with Crippen LogP contribution in [-0.4, -0.2) is 34.8 Å². The molecule has 0 aliphatic carbocycles. The monoisotopic (exact) mass is 433 g/mol. The lowest BCUT2D eigenvalue weighted by Crippen LogP contribution is -2.44. The summed E-state index contributed by atoms with van der Waals surface area (Å²) in [7, 11) is 0. The van der Waals surface area contributed by atoms with Gasteiger partial charge in [0.05, 0.1) is 11.3 Å². The lowest BCUT2D eigenvalue weighted by atomic mass is 9.94. The van der Waals surface area contributed by atoms with Crippen molar-refractivity contribution in [2.45, 2.75) is 57.7 Å². The van der Waals surface area contributed by atoms with Crippen molar-refractivity contribution in [2.75, 3.05) is 11.9 Å². The van der Waals surface area contributed by atoms with Gasteiger partial charge in [-0.15, -0.1) is 0 Å². The number of alkyl halides is 3. The number of benzene rings is 1. The molecule has 10 heteroatoms. The van der Waals surface area contributed by atoms with E-state index in [-0.39, 0.29) is 5.02 Å². The molecule has 2 N–H and O–H groups in total. The van der Waals surface area contributed by atoms with Gasteiger partial charge in [-0.25, -0.2) is 4.79 Å². The number of nitrogens with zero attached hydrogens (tertiary/aromatic N) is 1. The molecule has 160 valence electrons. The third-order valence-corrected chi connectivity index (χ3v) is 4.97. The van der Waals surface area contributed by atoms with Crippen LogP contribution in [0.4, 0.5) is 23.7 Å². The van der Waals surface area contributed by atoms with Gasteiger partial charge >= 0.3 is 12.2 Å². The number of imide groups is 1. The molecule has 1 fully saturated rings. The van der Waals surface area contributed by atoms with Gasteiger partial charge in [0, 0.05) is 5.02 Å². The van der Waals surface area contributed by atoms with Gasteiger partial charge in [-0.2, -0.15) is 13.2 Å². The lowest BCUT2D eigenvalue weighted by Gasteiger charge is -2.21. The third kappa shape index (κ3) is 5.62. The molecule has 1 aromatic rings. The first kappa shape index (κ1) is 23.0. The zero-order valence-electron chi connectivity index (χ0n) is 16.2. The smallest absolute Gasteiger partial charge is 0.324 e. The molecule has 1 aromatic carbocycles. The van der Waals surface area contributed by atoms with Crippen LogP contribution in [0.3, 0.4) is 0 Å². The van der Waals surface area contributed by atoms with Gasteiger partial charge in [-0.3, -0.25) is 14.5 Å². The van der Waals surface area contributed by atoms with Gasteiger partial charge in [-0.1, -0.05) is 44.2 Å². The van der Waals surface area contributed by atoms with E-state index in [0.717, 1.165) is 36.6 Å². The maximum Gasteiger partial charge on any atom is 0.418 e. The van der Waals surface area contributed by atoms with Crippen LogP contribution < -0.4 is 10.6 Å². The number of carbonyl (C=O) groups excluding carboxylic acids is 3. The Labute approximate surface area is 171 Å². The molecule has 29 heavy (non-hydrogen) atoms. The van der Waals surface area contributed by atoms with Gasteiger partial charge in [0.2, 0.25) is 5.91 Å². The van der Waals surface area contributed by atoms with Gasteiger partial charge in [-0.05, 0) is 31.5 Å². The Balaban J connectivity index is 2.06. The summed E-state index contributed by atoms with van der Waals surface area (Å²) in [6.45, 7) is 2.95. The van der Waals surface area contributed by atoms with Crippen LogP contribution in [0, 0.1) is 0 Å². The van der Waals surface area contributed by atoms with E-state index < -0.39 is 47.4 Å². The van der Waals surface area contributed by atoms with E-state index in [1.54, 1.807) is 6.92 Å². The van der Waals surface area contributed by atoms with Crippen molar-refractivity contribution < 1.29 is 27.6 Å². The molecule has 0 saturated carbocycles. The van der Waals surface area contributed by atoms with Gasteiger partial charge < -0.3 is 10.6 Å². The minimum Gasteiger partial charge on any atom is -0.324 e. The number of anilines is 1. The Morgan fingerprint density at radius 3 is 2.55 bits per heavy atom. The van der Waals surface area contributed by atoms with Crippen LogP contribution in [-0.2, 0) is 15.8 Å². The van der Waals surface area contributed by atoms with E-state index in [0.29, 0.717) is 12.5 Å². The molecule has 1 saturated heterocycles. The SMILES string of the molecule is CCCCCC[C@@]1(C)NC(=O)N(CC(=O)Nc2ccc(Cl)cc2C(F)(F)F)C1=O. The zero-order valence-corrected chi connectivity index (χ0v) is 16.9. The van der Waals surface area contributed by atoms with E-state index in [1.165, 1.54) is 6.07 Å². The van der Waals surface area contributed by atoms with Crippen molar-refractivity contribution in [2.24, 2.45) is 0 Å². The summed E-state index contributed by atoms with van der Waals surface area (Å²) < 4.78 is 39.4. The second-order valence-electron chi connectivity index (χ2n) is 7.20. The fraction of sp³-hybridized carbons (Fsp3) is 0.526. The molecule has 1 heterocycles. The second kappa shape index (κ2) is 9.02. The van der Waals surface area contributed by atoms with E-state index in [4.69, 9.17) is 11.6 Å². The fourth-order valence-electron chi connectivity index (χ4n) is 3.16. The van der Waals surface area contributed by atoms with E-state index in [1.807, 2.05) is 0 Å². The Kier molecular flexibility index (Phi) is 7.15. The largest absolute Gasteiger partial charge is 0.418 e. The number of amides is 4. The molecule has 6 nitrogen and oxygen atoms in total. The maximum absolute atomic E-state index is 13.1. The standard InChI is InChI=1S/C19H23ClF3N3O3/c1-3-4-5-6-9-18(2)16(28)26(17(29)25-18)11-15(27)24-14-8-7-12(20)10-13(14)19(21,22)23/h7-8,10H,3-6,9,11H2,1-2H3,(H,24,27)(H,25,29)/t18-/m1/s1. The average Bonchev–Trinajstić information content (AvgIpc) is 2.83. The highest BCUT2D eigenvalue weighted by atomic mass is 35.5. The molecule has 1 atom stereocenters. The number of carbonyl (C=O) groups is 3. The number of halogens is 4. The quantitative estimate of drug-likeness (QED) is 0.465. The molecule has 0 bridgehead atoms. The van der Waals surface area contributed by atoms with Crippen molar-refractivity contribution in [1.82, 2.24) is 10.2 Å².